The maximum Gasteiger partial charge on any atom is 0.418 e. The number of anilines is 1. The van der Waals surface area contributed by atoms with Gasteiger partial charge in [0.15, 0.2) is 0 Å². The van der Waals surface area contributed by atoms with Crippen LogP contribution in [0, 0.1) is 0 Å². The summed E-state index contributed by atoms with van der Waals surface area (Å²) < 4.78 is 40.5. The van der Waals surface area contributed by atoms with E-state index in [2.05, 4.69) is 15.5 Å². The summed E-state index contributed by atoms with van der Waals surface area (Å²) in [5.41, 5.74) is -0.340. The van der Waals surface area contributed by atoms with Crippen LogP contribution in [0.5, 0.6) is 0 Å². The van der Waals surface area contributed by atoms with Crippen LogP contribution in [0.15, 0.2) is 61.2 Å². The molecule has 5 nitrogen and oxygen atoms in total. The van der Waals surface area contributed by atoms with E-state index in [1.807, 2.05) is 0 Å². The molecule has 0 aliphatic heterocycles. The van der Waals surface area contributed by atoms with E-state index in [-0.39, 0.29) is 11.3 Å². The van der Waals surface area contributed by atoms with Crippen LogP contribution >= 0.6 is 0 Å². The summed E-state index contributed by atoms with van der Waals surface area (Å²) in [6.45, 7) is 0. The number of carbonyl (C=O) groups is 1. The van der Waals surface area contributed by atoms with Gasteiger partial charge in [-0.1, -0.05) is 18.2 Å². The molecular weight excluding hydrogens is 321 g/mol. The first-order chi connectivity index (χ1) is 11.4. The molecule has 8 heteroatoms. The van der Waals surface area contributed by atoms with Crippen LogP contribution in [0.4, 0.5) is 18.9 Å². The van der Waals surface area contributed by atoms with Gasteiger partial charge >= 0.3 is 6.18 Å². The molecule has 0 bridgehead atoms. The highest BCUT2D eigenvalue weighted by Crippen LogP contribution is 2.34. The molecule has 0 aliphatic carbocycles. The van der Waals surface area contributed by atoms with E-state index in [4.69, 9.17) is 0 Å². The van der Waals surface area contributed by atoms with E-state index in [9.17, 15) is 18.0 Å². The van der Waals surface area contributed by atoms with Gasteiger partial charge < -0.3 is 5.32 Å². The van der Waals surface area contributed by atoms with Crippen molar-refractivity contribution >= 4 is 11.6 Å². The van der Waals surface area contributed by atoms with Gasteiger partial charge in [0.05, 0.1) is 11.3 Å². The Hall–Kier alpha value is -3.16. The lowest BCUT2D eigenvalue weighted by Crippen LogP contribution is -2.16. The van der Waals surface area contributed by atoms with Crippen molar-refractivity contribution in [2.24, 2.45) is 0 Å². The van der Waals surface area contributed by atoms with Crippen LogP contribution in [0.2, 0.25) is 0 Å². The van der Waals surface area contributed by atoms with Gasteiger partial charge in [-0.2, -0.15) is 13.2 Å². The second-order valence-corrected chi connectivity index (χ2v) is 4.92. The van der Waals surface area contributed by atoms with E-state index in [0.29, 0.717) is 5.69 Å². The number of carbonyl (C=O) groups excluding carboxylic acids is 1. The molecule has 2 aromatic carbocycles. The molecule has 1 N–H and O–H groups in total. The molecule has 0 radical (unpaired) electrons. The van der Waals surface area contributed by atoms with Crippen LogP contribution in [0.1, 0.15) is 15.9 Å². The van der Waals surface area contributed by atoms with Crippen LogP contribution in [0.25, 0.3) is 5.69 Å². The molecule has 0 fully saturated rings. The van der Waals surface area contributed by atoms with Crippen molar-refractivity contribution in [3.8, 4) is 5.69 Å². The zero-order chi connectivity index (χ0) is 17.2. The Morgan fingerprint density at radius 3 is 2.42 bits per heavy atom. The van der Waals surface area contributed by atoms with Crippen LogP contribution in [-0.4, -0.2) is 20.7 Å². The minimum absolute atomic E-state index is 0.221. The van der Waals surface area contributed by atoms with Crippen LogP contribution in [0.3, 0.4) is 0 Å². The Morgan fingerprint density at radius 1 is 1.00 bits per heavy atom. The van der Waals surface area contributed by atoms with Gasteiger partial charge in [0, 0.05) is 11.3 Å². The second-order valence-electron chi connectivity index (χ2n) is 4.92. The van der Waals surface area contributed by atoms with E-state index >= 15 is 0 Å². The molecule has 3 aromatic rings. The fourth-order valence-electron chi connectivity index (χ4n) is 2.18. The number of aromatic nitrogens is 3. The number of amides is 1. The zero-order valence-corrected chi connectivity index (χ0v) is 12.2. The van der Waals surface area contributed by atoms with E-state index in [1.54, 1.807) is 16.7 Å². The Bertz CT molecular complexity index is 860. The summed E-state index contributed by atoms with van der Waals surface area (Å²) in [5.74, 6) is -0.637. The molecule has 0 aliphatic rings. The Labute approximate surface area is 134 Å². The average Bonchev–Trinajstić information content (AvgIpc) is 3.09. The topological polar surface area (TPSA) is 59.8 Å². The van der Waals surface area contributed by atoms with E-state index < -0.39 is 17.6 Å². The summed E-state index contributed by atoms with van der Waals surface area (Å²) in [6.07, 6.45) is -1.64. The quantitative estimate of drug-likeness (QED) is 0.798. The van der Waals surface area contributed by atoms with Gasteiger partial charge in [0.2, 0.25) is 0 Å². The van der Waals surface area contributed by atoms with Crippen molar-refractivity contribution in [2.45, 2.75) is 6.18 Å². The lowest BCUT2D eigenvalue weighted by Gasteiger charge is -2.13. The van der Waals surface area contributed by atoms with Crippen molar-refractivity contribution < 1.29 is 18.0 Å². The van der Waals surface area contributed by atoms with E-state index in [0.717, 1.165) is 6.07 Å². The molecule has 1 amide bonds. The van der Waals surface area contributed by atoms with E-state index in [1.165, 1.54) is 43.0 Å². The summed E-state index contributed by atoms with van der Waals surface area (Å²) in [6, 6.07) is 11.2. The van der Waals surface area contributed by atoms with Crippen molar-refractivity contribution in [3.63, 3.8) is 0 Å². The summed E-state index contributed by atoms with van der Waals surface area (Å²) in [5, 5.41) is 9.64. The summed E-state index contributed by atoms with van der Waals surface area (Å²) in [4.78, 5) is 12.3. The number of benzene rings is 2. The van der Waals surface area contributed by atoms with Crippen molar-refractivity contribution in [2.75, 3.05) is 5.32 Å². The minimum atomic E-state index is -4.55. The number of alkyl halides is 3. The predicted molar refractivity (Wildman–Crippen MR) is 80.8 cm³/mol. The highest BCUT2D eigenvalue weighted by Gasteiger charge is 2.33. The average molecular weight is 332 g/mol. The molecule has 24 heavy (non-hydrogen) atoms. The molecule has 1 aromatic heterocycles. The van der Waals surface area contributed by atoms with Gasteiger partial charge in [-0.3, -0.25) is 9.36 Å². The van der Waals surface area contributed by atoms with Crippen molar-refractivity contribution in [1.82, 2.24) is 14.8 Å². The molecule has 0 saturated heterocycles. The Kier molecular flexibility index (Phi) is 4.03. The molecule has 0 saturated carbocycles. The zero-order valence-electron chi connectivity index (χ0n) is 12.2. The number of halogens is 3. The number of para-hydroxylation sites is 1. The molecule has 3 rings (SSSR count). The van der Waals surface area contributed by atoms with Gasteiger partial charge in [-0.25, -0.2) is 0 Å². The third kappa shape index (κ3) is 3.27. The predicted octanol–water partition coefficient (Wildman–Crippen LogP) is 3.54. The number of hydrogen-bond acceptors (Lipinski definition) is 3. The number of nitrogens with one attached hydrogen (secondary N) is 1. The molecule has 0 unspecified atom stereocenters. The largest absolute Gasteiger partial charge is 0.418 e. The summed E-state index contributed by atoms with van der Waals surface area (Å²) in [7, 11) is 0. The van der Waals surface area contributed by atoms with Gasteiger partial charge in [0.25, 0.3) is 5.91 Å². The monoisotopic (exact) mass is 332 g/mol. The van der Waals surface area contributed by atoms with Crippen LogP contribution < -0.4 is 5.32 Å². The first-order valence-electron chi connectivity index (χ1n) is 6.88. The Morgan fingerprint density at radius 2 is 1.71 bits per heavy atom. The maximum absolute atomic E-state index is 13.0. The van der Waals surface area contributed by atoms with Crippen molar-refractivity contribution in [3.05, 3.63) is 72.3 Å². The lowest BCUT2D eigenvalue weighted by atomic mass is 10.1. The minimum Gasteiger partial charge on any atom is -0.321 e. The fraction of sp³-hybridized carbons (Fsp3) is 0.0625. The third-order valence-corrected chi connectivity index (χ3v) is 3.31. The Balaban J connectivity index is 1.88. The molecule has 122 valence electrons. The third-order valence-electron chi connectivity index (χ3n) is 3.31. The molecule has 1 heterocycles. The van der Waals surface area contributed by atoms with Gasteiger partial charge in [-0.15, -0.1) is 10.2 Å². The first-order valence-corrected chi connectivity index (χ1v) is 6.88. The molecular formula is C16H11F3N4O. The SMILES string of the molecule is O=C(Nc1ccccc1C(F)(F)F)c1cccc(-n2cnnc2)c1. The van der Waals surface area contributed by atoms with Crippen LogP contribution in [-0.2, 0) is 6.18 Å². The smallest absolute Gasteiger partial charge is 0.321 e. The highest BCUT2D eigenvalue weighted by molar-refractivity contribution is 6.05. The second kappa shape index (κ2) is 6.15. The summed E-state index contributed by atoms with van der Waals surface area (Å²) >= 11 is 0. The number of rotatable bonds is 3. The van der Waals surface area contributed by atoms with Gasteiger partial charge in [0.1, 0.15) is 12.7 Å². The molecule has 0 spiro atoms. The number of nitrogens with zero attached hydrogens (tertiary/aromatic N) is 3. The standard InChI is InChI=1S/C16H11F3N4O/c17-16(18,19)13-6-1-2-7-14(13)22-15(24)11-4-3-5-12(8-11)23-9-20-21-10-23/h1-10H,(H,22,24). The molecule has 0 atom stereocenters. The maximum atomic E-state index is 13.0. The first kappa shape index (κ1) is 15.7. The van der Waals surface area contributed by atoms with Gasteiger partial charge in [-0.05, 0) is 30.3 Å². The highest BCUT2D eigenvalue weighted by atomic mass is 19.4. The normalized spacial score (nSPS) is 11.3. The number of hydrogen-bond donors (Lipinski definition) is 1. The lowest BCUT2D eigenvalue weighted by molar-refractivity contribution is -0.136. The fourth-order valence-corrected chi connectivity index (χ4v) is 2.18. The van der Waals surface area contributed by atoms with Crippen molar-refractivity contribution in [1.29, 1.82) is 0 Å².